The van der Waals surface area contributed by atoms with Crippen LogP contribution in [0.25, 0.3) is 33.0 Å². The molecule has 0 aliphatic rings. The number of aromatic nitrogens is 2. The number of rotatable bonds is 0. The number of nitrogens with zero attached hydrogens (tertiary/aromatic N) is 2. The van der Waals surface area contributed by atoms with Crippen molar-refractivity contribution in [2.24, 2.45) is 0 Å². The van der Waals surface area contributed by atoms with Gasteiger partial charge in [-0.25, -0.2) is 0 Å². The predicted molar refractivity (Wildman–Crippen MR) is 66.8 cm³/mol. The van der Waals surface area contributed by atoms with Crippen LogP contribution in [0.5, 0.6) is 0 Å². The standard InChI is InChI=1S/C14H8N2O/c1-2-4-13-9(3-1)10-7-11-12(8-14(10)17-13)16-6-5-15-11/h1-8H. The van der Waals surface area contributed by atoms with Crippen molar-refractivity contribution in [3.8, 4) is 0 Å². The van der Waals surface area contributed by atoms with Crippen LogP contribution in [0.1, 0.15) is 0 Å². The van der Waals surface area contributed by atoms with E-state index in [0.717, 1.165) is 33.0 Å². The molecule has 0 fully saturated rings. The fourth-order valence-corrected chi connectivity index (χ4v) is 2.18. The van der Waals surface area contributed by atoms with Crippen molar-refractivity contribution in [2.45, 2.75) is 0 Å². The maximum absolute atomic E-state index is 5.79. The molecular weight excluding hydrogens is 212 g/mol. The van der Waals surface area contributed by atoms with Gasteiger partial charge in [-0.3, -0.25) is 9.97 Å². The molecule has 0 unspecified atom stereocenters. The fraction of sp³-hybridized carbons (Fsp3) is 0. The van der Waals surface area contributed by atoms with E-state index in [1.807, 2.05) is 30.3 Å². The number of hydrogen-bond acceptors (Lipinski definition) is 3. The second-order valence-corrected chi connectivity index (χ2v) is 3.99. The summed E-state index contributed by atoms with van der Waals surface area (Å²) in [4.78, 5) is 8.59. The Morgan fingerprint density at radius 2 is 1.53 bits per heavy atom. The van der Waals surface area contributed by atoms with Crippen LogP contribution in [0.4, 0.5) is 0 Å². The Morgan fingerprint density at radius 3 is 2.41 bits per heavy atom. The maximum Gasteiger partial charge on any atom is 0.137 e. The minimum absolute atomic E-state index is 0.860. The molecule has 2 aromatic heterocycles. The second kappa shape index (κ2) is 3.04. The van der Waals surface area contributed by atoms with Gasteiger partial charge in [-0.05, 0) is 12.1 Å². The third kappa shape index (κ3) is 1.16. The predicted octanol–water partition coefficient (Wildman–Crippen LogP) is 3.53. The van der Waals surface area contributed by atoms with Crippen LogP contribution < -0.4 is 0 Å². The molecule has 4 aromatic rings. The summed E-state index contributed by atoms with van der Waals surface area (Å²) in [6.45, 7) is 0. The molecule has 0 atom stereocenters. The van der Waals surface area contributed by atoms with E-state index in [1.165, 1.54) is 0 Å². The van der Waals surface area contributed by atoms with Crippen LogP contribution in [-0.4, -0.2) is 9.97 Å². The molecule has 4 rings (SSSR count). The maximum atomic E-state index is 5.79. The van der Waals surface area contributed by atoms with Crippen LogP contribution in [0.3, 0.4) is 0 Å². The molecule has 0 saturated carbocycles. The molecular formula is C14H8N2O. The molecule has 0 aliphatic heterocycles. The highest BCUT2D eigenvalue weighted by molar-refractivity contribution is 6.08. The molecule has 0 N–H and O–H groups in total. The highest BCUT2D eigenvalue weighted by Gasteiger charge is 2.08. The van der Waals surface area contributed by atoms with E-state index >= 15 is 0 Å². The third-order valence-corrected chi connectivity index (χ3v) is 2.97. The van der Waals surface area contributed by atoms with Gasteiger partial charge in [0.15, 0.2) is 0 Å². The number of hydrogen-bond donors (Lipinski definition) is 0. The van der Waals surface area contributed by atoms with Crippen LogP contribution in [0, 0.1) is 0 Å². The summed E-state index contributed by atoms with van der Waals surface area (Å²) in [5, 5.41) is 2.21. The first-order valence-electron chi connectivity index (χ1n) is 5.44. The van der Waals surface area contributed by atoms with Gasteiger partial charge in [0, 0.05) is 29.2 Å². The van der Waals surface area contributed by atoms with Crippen molar-refractivity contribution in [1.82, 2.24) is 9.97 Å². The van der Waals surface area contributed by atoms with Gasteiger partial charge in [0.05, 0.1) is 11.0 Å². The summed E-state index contributed by atoms with van der Waals surface area (Å²) in [6, 6.07) is 12.0. The summed E-state index contributed by atoms with van der Waals surface area (Å²) in [7, 11) is 0. The first-order chi connectivity index (χ1) is 8.42. The van der Waals surface area contributed by atoms with E-state index in [0.29, 0.717) is 0 Å². The summed E-state index contributed by atoms with van der Waals surface area (Å²) >= 11 is 0. The van der Waals surface area contributed by atoms with Gasteiger partial charge in [-0.1, -0.05) is 18.2 Å². The highest BCUT2D eigenvalue weighted by Crippen LogP contribution is 2.30. The Balaban J connectivity index is 2.28. The summed E-state index contributed by atoms with van der Waals surface area (Å²) in [5.41, 5.74) is 3.52. The number of furan rings is 1. The van der Waals surface area contributed by atoms with Crippen LogP contribution in [-0.2, 0) is 0 Å². The van der Waals surface area contributed by atoms with Crippen LogP contribution in [0.15, 0.2) is 53.2 Å². The molecule has 0 aliphatic carbocycles. The SMILES string of the molecule is c1ccc2c(c1)oc1cc3nccnc3cc12. The van der Waals surface area contributed by atoms with Gasteiger partial charge in [0.25, 0.3) is 0 Å². The lowest BCUT2D eigenvalue weighted by Gasteiger charge is -1.94. The lowest BCUT2D eigenvalue weighted by Crippen LogP contribution is -1.80. The topological polar surface area (TPSA) is 38.9 Å². The first kappa shape index (κ1) is 8.70. The van der Waals surface area contributed by atoms with Gasteiger partial charge in [0.1, 0.15) is 11.2 Å². The molecule has 3 heteroatoms. The van der Waals surface area contributed by atoms with Crippen LogP contribution in [0.2, 0.25) is 0 Å². The molecule has 2 heterocycles. The second-order valence-electron chi connectivity index (χ2n) is 3.99. The van der Waals surface area contributed by atoms with Gasteiger partial charge in [-0.2, -0.15) is 0 Å². The molecule has 3 nitrogen and oxygen atoms in total. The number of fused-ring (bicyclic) bond motifs is 4. The van der Waals surface area contributed by atoms with E-state index in [9.17, 15) is 0 Å². The van der Waals surface area contributed by atoms with Gasteiger partial charge < -0.3 is 4.42 Å². The van der Waals surface area contributed by atoms with Crippen molar-refractivity contribution >= 4 is 33.0 Å². The minimum atomic E-state index is 0.860. The van der Waals surface area contributed by atoms with E-state index in [4.69, 9.17) is 4.42 Å². The zero-order valence-corrected chi connectivity index (χ0v) is 8.92. The Hall–Kier alpha value is -2.42. The Bertz CT molecular complexity index is 842. The summed E-state index contributed by atoms with van der Waals surface area (Å²) in [6.07, 6.45) is 3.40. The smallest absolute Gasteiger partial charge is 0.137 e. The van der Waals surface area contributed by atoms with Crippen molar-refractivity contribution in [2.75, 3.05) is 0 Å². The molecule has 0 saturated heterocycles. The largest absolute Gasteiger partial charge is 0.456 e. The van der Waals surface area contributed by atoms with Crippen molar-refractivity contribution in [1.29, 1.82) is 0 Å². The summed E-state index contributed by atoms with van der Waals surface area (Å²) < 4.78 is 5.79. The van der Waals surface area contributed by atoms with E-state index in [1.54, 1.807) is 12.4 Å². The van der Waals surface area contributed by atoms with Gasteiger partial charge >= 0.3 is 0 Å². The van der Waals surface area contributed by atoms with E-state index < -0.39 is 0 Å². The van der Waals surface area contributed by atoms with Crippen molar-refractivity contribution in [3.63, 3.8) is 0 Å². The zero-order valence-electron chi connectivity index (χ0n) is 8.92. The molecule has 0 radical (unpaired) electrons. The molecule has 0 bridgehead atoms. The monoisotopic (exact) mass is 220 g/mol. The molecule has 80 valence electrons. The number of benzene rings is 2. The third-order valence-electron chi connectivity index (χ3n) is 2.97. The quantitative estimate of drug-likeness (QED) is 0.455. The lowest BCUT2D eigenvalue weighted by atomic mass is 10.1. The zero-order chi connectivity index (χ0) is 11.2. The number of para-hydroxylation sites is 1. The minimum Gasteiger partial charge on any atom is -0.456 e. The highest BCUT2D eigenvalue weighted by atomic mass is 16.3. The molecule has 0 amide bonds. The van der Waals surface area contributed by atoms with E-state index in [-0.39, 0.29) is 0 Å². The fourth-order valence-electron chi connectivity index (χ4n) is 2.18. The average molecular weight is 220 g/mol. The van der Waals surface area contributed by atoms with Gasteiger partial charge in [0.2, 0.25) is 0 Å². The first-order valence-corrected chi connectivity index (χ1v) is 5.44. The Labute approximate surface area is 96.7 Å². The Morgan fingerprint density at radius 1 is 0.765 bits per heavy atom. The molecule has 17 heavy (non-hydrogen) atoms. The summed E-state index contributed by atoms with van der Waals surface area (Å²) in [5.74, 6) is 0. The van der Waals surface area contributed by atoms with Crippen molar-refractivity contribution < 1.29 is 4.42 Å². The molecule has 2 aromatic carbocycles. The normalized spacial score (nSPS) is 11.5. The lowest BCUT2D eigenvalue weighted by molar-refractivity contribution is 0.669. The average Bonchev–Trinajstić information content (AvgIpc) is 2.73. The van der Waals surface area contributed by atoms with Crippen LogP contribution >= 0.6 is 0 Å². The molecule has 0 spiro atoms. The van der Waals surface area contributed by atoms with E-state index in [2.05, 4.69) is 16.0 Å². The van der Waals surface area contributed by atoms with Crippen molar-refractivity contribution in [3.05, 3.63) is 48.8 Å². The Kier molecular flexibility index (Phi) is 1.56. The van der Waals surface area contributed by atoms with Gasteiger partial charge in [-0.15, -0.1) is 0 Å².